The fourth-order valence-corrected chi connectivity index (χ4v) is 1.54. The lowest BCUT2D eigenvalue weighted by atomic mass is 9.98. The number of urea groups is 1. The number of nitrogens with one attached hydrogen (secondary N) is 2. The van der Waals surface area contributed by atoms with Gasteiger partial charge in [0, 0.05) is 12.6 Å². The maximum Gasteiger partial charge on any atom is 0.315 e. The number of hydrogen-bond donors (Lipinski definition) is 3. The van der Waals surface area contributed by atoms with Crippen LogP contribution in [0, 0.1) is 0 Å². The molecule has 5 heteroatoms. The Morgan fingerprint density at radius 3 is 2.33 bits per heavy atom. The van der Waals surface area contributed by atoms with Gasteiger partial charge in [-0.1, -0.05) is 13.8 Å². The Balaban J connectivity index is 3.90. The highest BCUT2D eigenvalue weighted by molar-refractivity contribution is 5.74. The average Bonchev–Trinajstić information content (AvgIpc) is 2.33. The molecule has 0 aliphatic carbocycles. The lowest BCUT2D eigenvalue weighted by Crippen LogP contribution is -2.48. The Hall–Kier alpha value is -0.810. The largest absolute Gasteiger partial charge is 0.388 e. The van der Waals surface area contributed by atoms with Crippen LogP contribution in [0.2, 0.25) is 0 Å². The minimum atomic E-state index is -0.787. The normalized spacial score (nSPS) is 13.5. The number of carbonyl (C=O) groups excluding carboxylic acids is 1. The molecule has 1 atom stereocenters. The molecular formula is C13H29N3O2. The Kier molecular flexibility index (Phi) is 7.95. The number of rotatable bonds is 8. The van der Waals surface area contributed by atoms with E-state index in [9.17, 15) is 9.90 Å². The van der Waals surface area contributed by atoms with E-state index in [1.807, 2.05) is 34.9 Å². The SMILES string of the molecule is CCC(O)(CC)CNC(=O)NC(C)CCN(C)C. The van der Waals surface area contributed by atoms with Crippen LogP contribution in [-0.2, 0) is 0 Å². The molecule has 0 spiro atoms. The van der Waals surface area contributed by atoms with Gasteiger partial charge in [-0.3, -0.25) is 0 Å². The van der Waals surface area contributed by atoms with Crippen LogP contribution in [0.3, 0.4) is 0 Å². The fourth-order valence-electron chi connectivity index (χ4n) is 1.54. The number of amides is 2. The zero-order valence-electron chi connectivity index (χ0n) is 12.4. The summed E-state index contributed by atoms with van der Waals surface area (Å²) in [4.78, 5) is 13.7. The van der Waals surface area contributed by atoms with Crippen LogP contribution < -0.4 is 10.6 Å². The molecule has 108 valence electrons. The van der Waals surface area contributed by atoms with Crippen molar-refractivity contribution in [3.05, 3.63) is 0 Å². The summed E-state index contributed by atoms with van der Waals surface area (Å²) in [6.07, 6.45) is 2.19. The van der Waals surface area contributed by atoms with E-state index < -0.39 is 5.60 Å². The van der Waals surface area contributed by atoms with Crippen molar-refractivity contribution in [3.63, 3.8) is 0 Å². The summed E-state index contributed by atoms with van der Waals surface area (Å²) in [6.45, 7) is 7.06. The van der Waals surface area contributed by atoms with Crippen molar-refractivity contribution in [2.75, 3.05) is 27.2 Å². The van der Waals surface area contributed by atoms with Crippen LogP contribution in [0.5, 0.6) is 0 Å². The van der Waals surface area contributed by atoms with Crippen LogP contribution in [0.25, 0.3) is 0 Å². The molecule has 0 aromatic rings. The van der Waals surface area contributed by atoms with Gasteiger partial charge in [0.05, 0.1) is 5.60 Å². The van der Waals surface area contributed by atoms with E-state index in [0.29, 0.717) is 19.4 Å². The molecule has 5 nitrogen and oxygen atoms in total. The summed E-state index contributed by atoms with van der Waals surface area (Å²) in [7, 11) is 4.02. The van der Waals surface area contributed by atoms with E-state index in [0.717, 1.165) is 13.0 Å². The third kappa shape index (κ3) is 7.50. The molecule has 2 amide bonds. The molecule has 0 aliphatic heterocycles. The molecule has 0 saturated heterocycles. The van der Waals surface area contributed by atoms with E-state index in [-0.39, 0.29) is 12.1 Å². The van der Waals surface area contributed by atoms with Crippen molar-refractivity contribution in [3.8, 4) is 0 Å². The maximum absolute atomic E-state index is 11.6. The van der Waals surface area contributed by atoms with Crippen LogP contribution in [-0.4, -0.2) is 54.9 Å². The molecule has 3 N–H and O–H groups in total. The first kappa shape index (κ1) is 17.2. The molecule has 0 heterocycles. The van der Waals surface area contributed by atoms with Crippen molar-refractivity contribution < 1.29 is 9.90 Å². The summed E-state index contributed by atoms with van der Waals surface area (Å²) >= 11 is 0. The molecule has 0 aromatic heterocycles. The van der Waals surface area contributed by atoms with Crippen molar-refractivity contribution in [2.45, 2.75) is 51.7 Å². The minimum Gasteiger partial charge on any atom is -0.388 e. The Morgan fingerprint density at radius 2 is 1.89 bits per heavy atom. The zero-order valence-corrected chi connectivity index (χ0v) is 12.4. The second kappa shape index (κ2) is 8.32. The summed E-state index contributed by atoms with van der Waals surface area (Å²) in [5.41, 5.74) is -0.787. The van der Waals surface area contributed by atoms with E-state index in [2.05, 4.69) is 15.5 Å². The molecule has 18 heavy (non-hydrogen) atoms. The van der Waals surface area contributed by atoms with Gasteiger partial charge in [-0.25, -0.2) is 4.79 Å². The van der Waals surface area contributed by atoms with Gasteiger partial charge in [0.2, 0.25) is 0 Å². The molecular weight excluding hydrogens is 230 g/mol. The van der Waals surface area contributed by atoms with Gasteiger partial charge in [-0.15, -0.1) is 0 Å². The first-order chi connectivity index (χ1) is 8.33. The van der Waals surface area contributed by atoms with Gasteiger partial charge < -0.3 is 20.6 Å². The highest BCUT2D eigenvalue weighted by Gasteiger charge is 2.22. The van der Waals surface area contributed by atoms with Crippen molar-refractivity contribution >= 4 is 6.03 Å². The zero-order chi connectivity index (χ0) is 14.2. The number of hydrogen-bond acceptors (Lipinski definition) is 3. The lowest BCUT2D eigenvalue weighted by Gasteiger charge is -2.26. The number of aliphatic hydroxyl groups is 1. The fraction of sp³-hybridized carbons (Fsp3) is 0.923. The van der Waals surface area contributed by atoms with E-state index in [1.165, 1.54) is 0 Å². The van der Waals surface area contributed by atoms with Gasteiger partial charge >= 0.3 is 6.03 Å². The molecule has 1 unspecified atom stereocenters. The maximum atomic E-state index is 11.6. The van der Waals surface area contributed by atoms with Crippen molar-refractivity contribution in [2.24, 2.45) is 0 Å². The molecule has 0 rings (SSSR count). The molecule has 0 bridgehead atoms. The first-order valence-electron chi connectivity index (χ1n) is 6.74. The van der Waals surface area contributed by atoms with Gasteiger partial charge in [-0.05, 0) is 46.8 Å². The summed E-state index contributed by atoms with van der Waals surface area (Å²) in [6, 6.07) is -0.0784. The second-order valence-corrected chi connectivity index (χ2v) is 5.25. The van der Waals surface area contributed by atoms with Crippen LogP contribution in [0.15, 0.2) is 0 Å². The molecule has 0 saturated carbocycles. The molecule has 0 fully saturated rings. The predicted molar refractivity (Wildman–Crippen MR) is 74.7 cm³/mol. The Bertz CT molecular complexity index is 240. The molecule has 0 aliphatic rings. The number of carbonyl (C=O) groups is 1. The quantitative estimate of drug-likeness (QED) is 0.613. The number of nitrogens with zero attached hydrogens (tertiary/aromatic N) is 1. The molecule has 0 radical (unpaired) electrons. The Morgan fingerprint density at radius 1 is 1.33 bits per heavy atom. The van der Waals surface area contributed by atoms with Crippen molar-refractivity contribution in [1.82, 2.24) is 15.5 Å². The topological polar surface area (TPSA) is 64.6 Å². The summed E-state index contributed by atoms with van der Waals surface area (Å²) in [5, 5.41) is 15.6. The predicted octanol–water partition coefficient (Wildman–Crippen LogP) is 1.18. The van der Waals surface area contributed by atoms with Crippen LogP contribution in [0.1, 0.15) is 40.0 Å². The standard InChI is InChI=1S/C13H29N3O2/c1-6-13(18,7-2)10-14-12(17)15-11(3)8-9-16(4)5/h11,18H,6-10H2,1-5H3,(H2,14,15,17). The van der Waals surface area contributed by atoms with Gasteiger partial charge in [-0.2, -0.15) is 0 Å². The smallest absolute Gasteiger partial charge is 0.315 e. The molecule has 0 aromatic carbocycles. The highest BCUT2D eigenvalue weighted by Crippen LogP contribution is 2.12. The average molecular weight is 259 g/mol. The van der Waals surface area contributed by atoms with Crippen LogP contribution in [0.4, 0.5) is 4.79 Å². The first-order valence-corrected chi connectivity index (χ1v) is 6.74. The van der Waals surface area contributed by atoms with Crippen molar-refractivity contribution in [1.29, 1.82) is 0 Å². The third-order valence-corrected chi connectivity index (χ3v) is 3.28. The van der Waals surface area contributed by atoms with Gasteiger partial charge in [0.25, 0.3) is 0 Å². The van der Waals surface area contributed by atoms with E-state index in [1.54, 1.807) is 0 Å². The Labute approximate surface area is 111 Å². The van der Waals surface area contributed by atoms with E-state index >= 15 is 0 Å². The van der Waals surface area contributed by atoms with Gasteiger partial charge in [0.15, 0.2) is 0 Å². The second-order valence-electron chi connectivity index (χ2n) is 5.25. The minimum absolute atomic E-state index is 0.128. The summed E-state index contributed by atoms with van der Waals surface area (Å²) in [5.74, 6) is 0. The third-order valence-electron chi connectivity index (χ3n) is 3.28. The van der Waals surface area contributed by atoms with Gasteiger partial charge in [0.1, 0.15) is 0 Å². The van der Waals surface area contributed by atoms with E-state index in [4.69, 9.17) is 0 Å². The monoisotopic (exact) mass is 259 g/mol. The summed E-state index contributed by atoms with van der Waals surface area (Å²) < 4.78 is 0. The van der Waals surface area contributed by atoms with Crippen LogP contribution >= 0.6 is 0 Å². The lowest BCUT2D eigenvalue weighted by molar-refractivity contribution is 0.0348. The highest BCUT2D eigenvalue weighted by atomic mass is 16.3.